The molecule has 102 valence electrons. The Balaban J connectivity index is 2.38. The Morgan fingerprint density at radius 1 is 1.42 bits per heavy atom. The largest absolute Gasteiger partial charge is 0.496 e. The maximum Gasteiger partial charge on any atom is 0.246 e. The molecule has 3 N–H and O–H groups in total. The summed E-state index contributed by atoms with van der Waals surface area (Å²) in [6.45, 7) is 3.54. The number of hydrogen-bond donors (Lipinski definition) is 2. The zero-order valence-electron chi connectivity index (χ0n) is 11.1. The summed E-state index contributed by atoms with van der Waals surface area (Å²) < 4.78 is 10.4. The van der Waals surface area contributed by atoms with Crippen LogP contribution in [0.4, 0.5) is 0 Å². The number of nitrogens with zero attached hydrogens (tertiary/aromatic N) is 2. The fourth-order valence-corrected chi connectivity index (χ4v) is 1.67. The maximum absolute atomic E-state index is 9.41. The van der Waals surface area contributed by atoms with E-state index in [2.05, 4.69) is 10.1 Å². The van der Waals surface area contributed by atoms with Crippen molar-refractivity contribution in [3.8, 4) is 17.1 Å². The number of aliphatic hydroxyl groups is 1. The molecule has 2 aromatic rings. The Labute approximate surface area is 111 Å². The van der Waals surface area contributed by atoms with Gasteiger partial charge in [-0.05, 0) is 31.5 Å². The molecule has 19 heavy (non-hydrogen) atoms. The molecule has 0 aliphatic rings. The molecule has 6 nitrogen and oxygen atoms in total. The Morgan fingerprint density at radius 3 is 2.79 bits per heavy atom. The van der Waals surface area contributed by atoms with Crippen LogP contribution in [0.25, 0.3) is 11.4 Å². The molecule has 1 aromatic carbocycles. The normalized spacial score (nSPS) is 14.2. The molecule has 1 heterocycles. The van der Waals surface area contributed by atoms with Gasteiger partial charge in [0.15, 0.2) is 0 Å². The van der Waals surface area contributed by atoms with Gasteiger partial charge in [0.2, 0.25) is 11.7 Å². The molecule has 0 fully saturated rings. The topological polar surface area (TPSA) is 94.4 Å². The molecule has 0 saturated heterocycles. The third-order valence-electron chi connectivity index (χ3n) is 2.84. The van der Waals surface area contributed by atoms with Crippen LogP contribution in [0.1, 0.15) is 24.4 Å². The van der Waals surface area contributed by atoms with Gasteiger partial charge in [0.25, 0.3) is 0 Å². The molecule has 2 unspecified atom stereocenters. The van der Waals surface area contributed by atoms with Crippen molar-refractivity contribution >= 4 is 0 Å². The highest BCUT2D eigenvalue weighted by molar-refractivity contribution is 5.64. The van der Waals surface area contributed by atoms with Gasteiger partial charge in [0.05, 0.1) is 18.8 Å². The first-order chi connectivity index (χ1) is 9.02. The second-order valence-corrected chi connectivity index (χ2v) is 4.43. The molecule has 0 spiro atoms. The lowest BCUT2D eigenvalue weighted by Gasteiger charge is -2.08. The molecule has 0 bridgehead atoms. The van der Waals surface area contributed by atoms with Crippen LogP contribution in [0, 0.1) is 6.92 Å². The standard InChI is InChI=1S/C13H17N3O3/c1-7-4-5-9(10(6-7)18-3)12-15-13(19-16-12)11(14)8(2)17/h4-6,8,11,17H,14H2,1-3H3. The van der Waals surface area contributed by atoms with Gasteiger partial charge in [0, 0.05) is 0 Å². The minimum atomic E-state index is -0.756. The summed E-state index contributed by atoms with van der Waals surface area (Å²) >= 11 is 0. The van der Waals surface area contributed by atoms with E-state index in [1.54, 1.807) is 14.0 Å². The zero-order valence-corrected chi connectivity index (χ0v) is 11.1. The fourth-order valence-electron chi connectivity index (χ4n) is 1.67. The Kier molecular flexibility index (Phi) is 3.82. The molecular formula is C13H17N3O3. The number of methoxy groups -OCH3 is 1. The van der Waals surface area contributed by atoms with Gasteiger partial charge >= 0.3 is 0 Å². The number of ether oxygens (including phenoxy) is 1. The van der Waals surface area contributed by atoms with Gasteiger partial charge in [-0.1, -0.05) is 11.2 Å². The lowest BCUT2D eigenvalue weighted by Crippen LogP contribution is -2.23. The molecule has 0 radical (unpaired) electrons. The molecule has 6 heteroatoms. The minimum Gasteiger partial charge on any atom is -0.496 e. The Hall–Kier alpha value is -1.92. The van der Waals surface area contributed by atoms with Crippen molar-refractivity contribution in [2.75, 3.05) is 7.11 Å². The lowest BCUT2D eigenvalue weighted by molar-refractivity contribution is 0.146. The first-order valence-electron chi connectivity index (χ1n) is 5.95. The molecule has 0 aliphatic heterocycles. The number of nitrogens with two attached hydrogens (primary N) is 1. The summed E-state index contributed by atoms with van der Waals surface area (Å²) in [5.41, 5.74) is 7.54. The lowest BCUT2D eigenvalue weighted by atomic mass is 10.1. The highest BCUT2D eigenvalue weighted by Crippen LogP contribution is 2.29. The minimum absolute atomic E-state index is 0.202. The number of aromatic nitrogens is 2. The van der Waals surface area contributed by atoms with E-state index in [1.807, 2.05) is 25.1 Å². The summed E-state index contributed by atoms with van der Waals surface area (Å²) in [6, 6.07) is 4.98. The predicted octanol–water partition coefficient (Wildman–Crippen LogP) is 1.43. The van der Waals surface area contributed by atoms with Crippen molar-refractivity contribution in [2.45, 2.75) is 26.0 Å². The molecule has 0 saturated carbocycles. The first kappa shape index (κ1) is 13.5. The smallest absolute Gasteiger partial charge is 0.246 e. The Bertz CT molecular complexity index is 566. The highest BCUT2D eigenvalue weighted by atomic mass is 16.5. The Morgan fingerprint density at radius 2 is 2.16 bits per heavy atom. The van der Waals surface area contributed by atoms with Crippen LogP contribution in [-0.4, -0.2) is 28.5 Å². The second kappa shape index (κ2) is 5.38. The van der Waals surface area contributed by atoms with E-state index in [-0.39, 0.29) is 5.89 Å². The van der Waals surface area contributed by atoms with Gasteiger partial charge in [-0.25, -0.2) is 0 Å². The summed E-state index contributed by atoms with van der Waals surface area (Å²) in [4.78, 5) is 4.20. The summed E-state index contributed by atoms with van der Waals surface area (Å²) in [5.74, 6) is 1.26. The monoisotopic (exact) mass is 263 g/mol. The van der Waals surface area contributed by atoms with Crippen LogP contribution in [0.2, 0.25) is 0 Å². The van der Waals surface area contributed by atoms with Gasteiger partial charge in [-0.3, -0.25) is 0 Å². The van der Waals surface area contributed by atoms with E-state index in [0.717, 1.165) is 11.1 Å². The van der Waals surface area contributed by atoms with Gasteiger partial charge in [-0.2, -0.15) is 4.98 Å². The van der Waals surface area contributed by atoms with Crippen LogP contribution >= 0.6 is 0 Å². The van der Waals surface area contributed by atoms with E-state index in [9.17, 15) is 5.11 Å². The number of benzene rings is 1. The average Bonchev–Trinajstić information content (AvgIpc) is 2.86. The summed E-state index contributed by atoms with van der Waals surface area (Å²) in [7, 11) is 1.58. The summed E-state index contributed by atoms with van der Waals surface area (Å²) in [6.07, 6.45) is -0.756. The van der Waals surface area contributed by atoms with Crippen LogP contribution < -0.4 is 10.5 Å². The van der Waals surface area contributed by atoms with Crippen LogP contribution in [0.3, 0.4) is 0 Å². The van der Waals surface area contributed by atoms with Crippen molar-refractivity contribution in [3.63, 3.8) is 0 Å². The molecule has 1 aromatic heterocycles. The van der Waals surface area contributed by atoms with E-state index >= 15 is 0 Å². The van der Waals surface area contributed by atoms with E-state index in [4.69, 9.17) is 15.0 Å². The van der Waals surface area contributed by atoms with Crippen LogP contribution in [0.15, 0.2) is 22.7 Å². The van der Waals surface area contributed by atoms with Gasteiger partial charge in [0.1, 0.15) is 11.8 Å². The van der Waals surface area contributed by atoms with Crippen molar-refractivity contribution in [1.29, 1.82) is 0 Å². The number of hydrogen-bond acceptors (Lipinski definition) is 6. The quantitative estimate of drug-likeness (QED) is 0.866. The summed E-state index contributed by atoms with van der Waals surface area (Å²) in [5, 5.41) is 13.3. The second-order valence-electron chi connectivity index (χ2n) is 4.43. The highest BCUT2D eigenvalue weighted by Gasteiger charge is 2.21. The number of aliphatic hydroxyl groups excluding tert-OH is 1. The molecule has 2 rings (SSSR count). The van der Waals surface area contributed by atoms with E-state index < -0.39 is 12.1 Å². The van der Waals surface area contributed by atoms with Gasteiger partial charge in [-0.15, -0.1) is 0 Å². The van der Waals surface area contributed by atoms with E-state index in [0.29, 0.717) is 11.6 Å². The van der Waals surface area contributed by atoms with Crippen LogP contribution in [0.5, 0.6) is 5.75 Å². The SMILES string of the molecule is COc1cc(C)ccc1-c1noc(C(N)C(C)O)n1. The molecule has 0 amide bonds. The third-order valence-corrected chi connectivity index (χ3v) is 2.84. The zero-order chi connectivity index (χ0) is 14.0. The number of aryl methyl sites for hydroxylation is 1. The third kappa shape index (κ3) is 2.74. The predicted molar refractivity (Wildman–Crippen MR) is 69.6 cm³/mol. The van der Waals surface area contributed by atoms with Crippen molar-refractivity contribution in [3.05, 3.63) is 29.7 Å². The van der Waals surface area contributed by atoms with Gasteiger partial charge < -0.3 is 20.1 Å². The van der Waals surface area contributed by atoms with Crippen LogP contribution in [-0.2, 0) is 0 Å². The van der Waals surface area contributed by atoms with Crippen molar-refractivity contribution < 1.29 is 14.4 Å². The molecule has 0 aliphatic carbocycles. The number of rotatable bonds is 4. The first-order valence-corrected chi connectivity index (χ1v) is 5.95. The maximum atomic E-state index is 9.41. The van der Waals surface area contributed by atoms with Crippen molar-refractivity contribution in [1.82, 2.24) is 10.1 Å². The van der Waals surface area contributed by atoms with E-state index in [1.165, 1.54) is 0 Å². The fraction of sp³-hybridized carbons (Fsp3) is 0.385. The average molecular weight is 263 g/mol. The van der Waals surface area contributed by atoms with Crippen molar-refractivity contribution in [2.24, 2.45) is 5.73 Å². The molecule has 2 atom stereocenters. The molecular weight excluding hydrogens is 246 g/mol.